The molecule has 0 unspecified atom stereocenters. The van der Waals surface area contributed by atoms with Crippen molar-refractivity contribution in [2.45, 2.75) is 45.2 Å². The minimum absolute atomic E-state index is 0.734. The molecule has 1 aromatic carbocycles. The number of rotatable bonds is 4. The molecular formula is C18H21BrN4S. The van der Waals surface area contributed by atoms with Crippen molar-refractivity contribution in [3.8, 4) is 11.4 Å². The Hall–Kier alpha value is -1.24. The van der Waals surface area contributed by atoms with Gasteiger partial charge in [-0.05, 0) is 37.9 Å². The quantitative estimate of drug-likeness (QED) is 0.614. The molecule has 126 valence electrons. The van der Waals surface area contributed by atoms with Crippen LogP contribution in [0.2, 0.25) is 0 Å². The Kier molecular flexibility index (Phi) is 4.70. The molecule has 0 bridgehead atoms. The fourth-order valence-corrected chi connectivity index (χ4v) is 4.76. The standard InChI is InChI=1S/C18H21BrN4S/c1-2-15-5-3-4-10-22(15)11-16-12-23-17(20-21-18(23)24-16)13-6-8-14(19)9-7-13/h6-9,12,15H,2-5,10-11H2,1H3/t15-/m0/s1. The van der Waals surface area contributed by atoms with Gasteiger partial charge in [0, 0.05) is 33.7 Å². The van der Waals surface area contributed by atoms with Crippen molar-refractivity contribution in [2.24, 2.45) is 0 Å². The number of fused-ring (bicyclic) bond motifs is 1. The molecule has 0 radical (unpaired) electrons. The predicted octanol–water partition coefficient (Wildman–Crippen LogP) is 4.98. The Morgan fingerprint density at radius 3 is 2.83 bits per heavy atom. The molecule has 0 amide bonds. The molecule has 1 atom stereocenters. The SMILES string of the molecule is CC[C@H]1CCCCN1Cc1cn2c(-c3ccc(Br)cc3)nnc2s1. The largest absolute Gasteiger partial charge is 0.295 e. The summed E-state index contributed by atoms with van der Waals surface area (Å²) in [5, 5.41) is 8.74. The van der Waals surface area contributed by atoms with E-state index in [1.807, 2.05) is 12.1 Å². The van der Waals surface area contributed by atoms with Crippen molar-refractivity contribution in [1.29, 1.82) is 0 Å². The van der Waals surface area contributed by atoms with Gasteiger partial charge in [-0.1, -0.05) is 52.7 Å². The molecule has 24 heavy (non-hydrogen) atoms. The van der Waals surface area contributed by atoms with Crippen molar-refractivity contribution >= 4 is 32.2 Å². The Bertz CT molecular complexity index is 823. The van der Waals surface area contributed by atoms with E-state index in [1.54, 1.807) is 11.3 Å². The first-order valence-corrected chi connectivity index (χ1v) is 10.2. The molecule has 6 heteroatoms. The van der Waals surface area contributed by atoms with Gasteiger partial charge in [0.25, 0.3) is 0 Å². The monoisotopic (exact) mass is 404 g/mol. The number of benzene rings is 1. The molecule has 0 saturated carbocycles. The lowest BCUT2D eigenvalue weighted by Crippen LogP contribution is -2.38. The van der Waals surface area contributed by atoms with Gasteiger partial charge in [-0.25, -0.2) is 0 Å². The number of hydrogen-bond donors (Lipinski definition) is 0. The summed E-state index contributed by atoms with van der Waals surface area (Å²) in [4.78, 5) is 4.99. The second-order valence-corrected chi connectivity index (χ2v) is 8.42. The third-order valence-corrected chi connectivity index (χ3v) is 6.33. The maximum absolute atomic E-state index is 4.37. The van der Waals surface area contributed by atoms with Gasteiger partial charge in [0.1, 0.15) is 0 Å². The third-order valence-electron chi connectivity index (χ3n) is 4.84. The molecule has 1 fully saturated rings. The van der Waals surface area contributed by atoms with E-state index in [9.17, 15) is 0 Å². The Morgan fingerprint density at radius 1 is 1.21 bits per heavy atom. The molecule has 2 aromatic heterocycles. The topological polar surface area (TPSA) is 33.4 Å². The van der Waals surface area contributed by atoms with Crippen molar-refractivity contribution < 1.29 is 0 Å². The summed E-state index contributed by atoms with van der Waals surface area (Å²) < 4.78 is 3.21. The summed E-state index contributed by atoms with van der Waals surface area (Å²) in [6.45, 7) is 4.56. The molecule has 4 rings (SSSR count). The van der Waals surface area contributed by atoms with Crippen molar-refractivity contribution in [2.75, 3.05) is 6.54 Å². The van der Waals surface area contributed by atoms with Gasteiger partial charge >= 0.3 is 0 Å². The average molecular weight is 405 g/mol. The number of thiazole rings is 1. The van der Waals surface area contributed by atoms with Crippen LogP contribution >= 0.6 is 27.3 Å². The van der Waals surface area contributed by atoms with Gasteiger partial charge in [-0.2, -0.15) is 0 Å². The van der Waals surface area contributed by atoms with Crippen LogP contribution in [0.3, 0.4) is 0 Å². The maximum Gasteiger partial charge on any atom is 0.216 e. The van der Waals surface area contributed by atoms with Crippen LogP contribution in [-0.2, 0) is 6.54 Å². The Balaban J connectivity index is 1.61. The van der Waals surface area contributed by atoms with Crippen molar-refractivity contribution in [1.82, 2.24) is 19.5 Å². The van der Waals surface area contributed by atoms with E-state index >= 15 is 0 Å². The van der Waals surface area contributed by atoms with Gasteiger partial charge in [0.2, 0.25) is 4.96 Å². The first-order chi connectivity index (χ1) is 11.7. The summed E-state index contributed by atoms with van der Waals surface area (Å²) >= 11 is 5.24. The van der Waals surface area contributed by atoms with Gasteiger partial charge in [-0.3, -0.25) is 9.30 Å². The zero-order valence-electron chi connectivity index (χ0n) is 13.8. The van der Waals surface area contributed by atoms with Crippen molar-refractivity contribution in [3.05, 3.63) is 39.8 Å². The predicted molar refractivity (Wildman–Crippen MR) is 102 cm³/mol. The number of piperidine rings is 1. The lowest BCUT2D eigenvalue weighted by molar-refractivity contribution is 0.137. The summed E-state index contributed by atoms with van der Waals surface area (Å²) in [7, 11) is 0. The minimum Gasteiger partial charge on any atom is -0.295 e. The molecule has 3 aromatic rings. The summed E-state index contributed by atoms with van der Waals surface area (Å²) in [5.41, 5.74) is 1.10. The molecule has 0 spiro atoms. The van der Waals surface area contributed by atoms with Gasteiger partial charge in [0.15, 0.2) is 5.82 Å². The van der Waals surface area contributed by atoms with E-state index in [1.165, 1.54) is 37.1 Å². The van der Waals surface area contributed by atoms with E-state index in [0.29, 0.717) is 0 Å². The molecule has 1 saturated heterocycles. The van der Waals surface area contributed by atoms with E-state index in [-0.39, 0.29) is 0 Å². The zero-order chi connectivity index (χ0) is 16.5. The summed E-state index contributed by atoms with van der Waals surface area (Å²) in [6, 6.07) is 8.98. The molecule has 1 aliphatic heterocycles. The van der Waals surface area contributed by atoms with Crippen LogP contribution in [-0.4, -0.2) is 32.1 Å². The van der Waals surface area contributed by atoms with Crippen LogP contribution in [0.25, 0.3) is 16.3 Å². The fraction of sp³-hybridized carbons (Fsp3) is 0.444. The number of hydrogen-bond acceptors (Lipinski definition) is 4. The molecule has 0 aliphatic carbocycles. The van der Waals surface area contributed by atoms with Gasteiger partial charge in [-0.15, -0.1) is 10.2 Å². The second-order valence-electron chi connectivity index (χ2n) is 6.41. The van der Waals surface area contributed by atoms with E-state index in [4.69, 9.17) is 0 Å². The first-order valence-electron chi connectivity index (χ1n) is 8.58. The van der Waals surface area contributed by atoms with Gasteiger partial charge in [0.05, 0.1) is 0 Å². The number of halogens is 1. The smallest absolute Gasteiger partial charge is 0.216 e. The van der Waals surface area contributed by atoms with Crippen LogP contribution < -0.4 is 0 Å². The number of aromatic nitrogens is 3. The first kappa shape index (κ1) is 16.2. The van der Waals surface area contributed by atoms with Crippen LogP contribution in [0.15, 0.2) is 34.9 Å². The number of nitrogens with zero attached hydrogens (tertiary/aromatic N) is 4. The lowest BCUT2D eigenvalue weighted by Gasteiger charge is -2.34. The lowest BCUT2D eigenvalue weighted by atomic mass is 10.0. The molecule has 4 nitrogen and oxygen atoms in total. The number of likely N-dealkylation sites (tertiary alicyclic amines) is 1. The van der Waals surface area contributed by atoms with Crippen LogP contribution in [0.1, 0.15) is 37.5 Å². The fourth-order valence-electron chi connectivity index (χ4n) is 3.55. The normalized spacial score (nSPS) is 19.2. The summed E-state index contributed by atoms with van der Waals surface area (Å²) in [6.07, 6.45) is 7.50. The zero-order valence-corrected chi connectivity index (χ0v) is 16.2. The highest BCUT2D eigenvalue weighted by Crippen LogP contribution is 2.28. The minimum atomic E-state index is 0.734. The van der Waals surface area contributed by atoms with Crippen LogP contribution in [0.5, 0.6) is 0 Å². The Morgan fingerprint density at radius 2 is 2.04 bits per heavy atom. The molecule has 1 aliphatic rings. The highest BCUT2D eigenvalue weighted by Gasteiger charge is 2.22. The summed E-state index contributed by atoms with van der Waals surface area (Å²) in [5.74, 6) is 0.922. The third kappa shape index (κ3) is 3.15. The van der Waals surface area contributed by atoms with E-state index < -0.39 is 0 Å². The van der Waals surface area contributed by atoms with Crippen molar-refractivity contribution in [3.63, 3.8) is 0 Å². The van der Waals surface area contributed by atoms with Gasteiger partial charge < -0.3 is 0 Å². The van der Waals surface area contributed by atoms with E-state index in [2.05, 4.69) is 60.7 Å². The molecule has 0 N–H and O–H groups in total. The van der Waals surface area contributed by atoms with Crippen LogP contribution in [0.4, 0.5) is 0 Å². The second kappa shape index (κ2) is 6.94. The molecule has 3 heterocycles. The highest BCUT2D eigenvalue weighted by atomic mass is 79.9. The van der Waals surface area contributed by atoms with E-state index in [0.717, 1.165) is 33.4 Å². The van der Waals surface area contributed by atoms with Crippen LogP contribution in [0, 0.1) is 0 Å². The maximum atomic E-state index is 4.37. The highest BCUT2D eigenvalue weighted by molar-refractivity contribution is 9.10. The Labute approximate surface area is 154 Å². The average Bonchev–Trinajstić information content (AvgIpc) is 3.16. The molecular weight excluding hydrogens is 384 g/mol.